The van der Waals surface area contributed by atoms with Gasteiger partial charge in [0, 0.05) is 32.6 Å². The van der Waals surface area contributed by atoms with Gasteiger partial charge in [-0.05, 0) is 33.2 Å². The van der Waals surface area contributed by atoms with E-state index in [1.807, 2.05) is 18.7 Å². The number of β-amino-alcohol motifs (C(OH)–C–C–N with tert-alkyl or cyclic N) is 1. The van der Waals surface area contributed by atoms with Crippen molar-refractivity contribution in [1.82, 2.24) is 9.80 Å². The summed E-state index contributed by atoms with van der Waals surface area (Å²) in [5, 5.41) is 10.0. The molecular weight excluding hydrogens is 228 g/mol. The highest BCUT2D eigenvalue weighted by atomic mass is 16.3. The molecule has 1 heterocycles. The summed E-state index contributed by atoms with van der Waals surface area (Å²) in [5.74, 6) is 0.254. The van der Waals surface area contributed by atoms with Crippen LogP contribution in [0.5, 0.6) is 0 Å². The molecule has 0 aromatic rings. The van der Waals surface area contributed by atoms with Crippen molar-refractivity contribution in [3.63, 3.8) is 0 Å². The number of nitrogens with zero attached hydrogens (tertiary/aromatic N) is 2. The van der Waals surface area contributed by atoms with E-state index in [-0.39, 0.29) is 5.91 Å². The lowest BCUT2D eigenvalue weighted by Crippen LogP contribution is -2.61. The van der Waals surface area contributed by atoms with Gasteiger partial charge < -0.3 is 10.0 Å². The minimum atomic E-state index is -0.447. The third-order valence-corrected chi connectivity index (χ3v) is 3.73. The van der Waals surface area contributed by atoms with Crippen molar-refractivity contribution in [2.45, 2.75) is 52.1 Å². The van der Waals surface area contributed by atoms with Gasteiger partial charge in [-0.25, -0.2) is 0 Å². The van der Waals surface area contributed by atoms with Crippen molar-refractivity contribution in [2.24, 2.45) is 0 Å². The highest BCUT2D eigenvalue weighted by molar-refractivity contribution is 5.76. The molecule has 0 radical (unpaired) electrons. The first kappa shape index (κ1) is 15.4. The van der Waals surface area contributed by atoms with Crippen LogP contribution in [-0.4, -0.2) is 59.1 Å². The van der Waals surface area contributed by atoms with Crippen LogP contribution >= 0.6 is 0 Å². The predicted molar refractivity (Wildman–Crippen MR) is 73.5 cm³/mol. The van der Waals surface area contributed by atoms with E-state index in [4.69, 9.17) is 0 Å². The third-order valence-electron chi connectivity index (χ3n) is 3.73. The lowest BCUT2D eigenvalue weighted by atomic mass is 9.89. The minimum Gasteiger partial charge on any atom is -0.387 e. The molecule has 0 bridgehead atoms. The average Bonchev–Trinajstić information content (AvgIpc) is 2.28. The minimum absolute atomic E-state index is 0.254. The zero-order valence-corrected chi connectivity index (χ0v) is 12.1. The second kappa shape index (κ2) is 7.10. The molecular formula is C14H28N2O2. The molecule has 1 amide bonds. The van der Waals surface area contributed by atoms with Crippen LogP contribution in [0.15, 0.2) is 0 Å². The van der Waals surface area contributed by atoms with Crippen LogP contribution in [0.2, 0.25) is 0 Å². The Morgan fingerprint density at radius 3 is 2.39 bits per heavy atom. The molecule has 0 saturated carbocycles. The Morgan fingerprint density at radius 1 is 1.28 bits per heavy atom. The Labute approximate surface area is 111 Å². The molecule has 0 unspecified atom stereocenters. The summed E-state index contributed by atoms with van der Waals surface area (Å²) in [6.07, 6.45) is 3.45. The van der Waals surface area contributed by atoms with Gasteiger partial charge in [0.05, 0.1) is 5.60 Å². The molecule has 106 valence electrons. The Kier molecular flexibility index (Phi) is 6.09. The van der Waals surface area contributed by atoms with E-state index < -0.39 is 5.60 Å². The quantitative estimate of drug-likeness (QED) is 0.715. The maximum absolute atomic E-state index is 11.8. The van der Waals surface area contributed by atoms with Gasteiger partial charge in [-0.15, -0.1) is 0 Å². The van der Waals surface area contributed by atoms with Crippen LogP contribution in [-0.2, 0) is 4.79 Å². The SMILES string of the molecule is CCCC1(O)CN(CCCC(=O)N(CC)CC)C1. The second-order valence-corrected chi connectivity index (χ2v) is 5.35. The van der Waals surface area contributed by atoms with E-state index in [0.717, 1.165) is 52.0 Å². The Morgan fingerprint density at radius 2 is 1.89 bits per heavy atom. The van der Waals surface area contributed by atoms with E-state index in [2.05, 4.69) is 11.8 Å². The summed E-state index contributed by atoms with van der Waals surface area (Å²) in [4.78, 5) is 15.9. The van der Waals surface area contributed by atoms with Gasteiger partial charge in [-0.1, -0.05) is 13.3 Å². The van der Waals surface area contributed by atoms with Crippen molar-refractivity contribution >= 4 is 5.91 Å². The third kappa shape index (κ3) is 4.25. The smallest absolute Gasteiger partial charge is 0.222 e. The normalized spacial score (nSPS) is 18.4. The lowest BCUT2D eigenvalue weighted by molar-refractivity contribution is -0.131. The van der Waals surface area contributed by atoms with Crippen LogP contribution < -0.4 is 0 Å². The Hall–Kier alpha value is -0.610. The molecule has 0 spiro atoms. The van der Waals surface area contributed by atoms with Crippen LogP contribution in [0.1, 0.15) is 46.5 Å². The summed E-state index contributed by atoms with van der Waals surface area (Å²) >= 11 is 0. The topological polar surface area (TPSA) is 43.8 Å². The summed E-state index contributed by atoms with van der Waals surface area (Å²) in [7, 11) is 0. The van der Waals surface area contributed by atoms with Crippen molar-refractivity contribution in [3.05, 3.63) is 0 Å². The number of hydrogen-bond donors (Lipinski definition) is 1. The molecule has 18 heavy (non-hydrogen) atoms. The van der Waals surface area contributed by atoms with Crippen LogP contribution in [0.25, 0.3) is 0 Å². The number of aliphatic hydroxyl groups is 1. The fourth-order valence-electron chi connectivity index (χ4n) is 2.76. The van der Waals surface area contributed by atoms with Gasteiger partial charge in [-0.3, -0.25) is 9.69 Å². The summed E-state index contributed by atoms with van der Waals surface area (Å²) in [5.41, 5.74) is -0.447. The summed E-state index contributed by atoms with van der Waals surface area (Å²) < 4.78 is 0. The number of carbonyl (C=O) groups excluding carboxylic acids is 1. The molecule has 4 nitrogen and oxygen atoms in total. The predicted octanol–water partition coefficient (Wildman–Crippen LogP) is 1.48. The monoisotopic (exact) mass is 256 g/mol. The highest BCUT2D eigenvalue weighted by Crippen LogP contribution is 2.25. The van der Waals surface area contributed by atoms with E-state index in [9.17, 15) is 9.90 Å². The van der Waals surface area contributed by atoms with Crippen molar-refractivity contribution in [2.75, 3.05) is 32.7 Å². The van der Waals surface area contributed by atoms with Crippen molar-refractivity contribution in [3.8, 4) is 0 Å². The van der Waals surface area contributed by atoms with Crippen molar-refractivity contribution in [1.29, 1.82) is 0 Å². The molecule has 1 fully saturated rings. The van der Waals surface area contributed by atoms with Gasteiger partial charge in [0.2, 0.25) is 5.91 Å². The Bertz CT molecular complexity index is 259. The zero-order valence-electron chi connectivity index (χ0n) is 12.1. The molecule has 1 aliphatic rings. The van der Waals surface area contributed by atoms with Crippen LogP contribution in [0, 0.1) is 0 Å². The molecule has 0 aliphatic carbocycles. The van der Waals surface area contributed by atoms with Gasteiger partial charge in [-0.2, -0.15) is 0 Å². The zero-order chi connectivity index (χ0) is 13.6. The van der Waals surface area contributed by atoms with Gasteiger partial charge in [0.15, 0.2) is 0 Å². The maximum Gasteiger partial charge on any atom is 0.222 e. The molecule has 1 aliphatic heterocycles. The molecule has 1 saturated heterocycles. The standard InChI is InChI=1S/C14H28N2O2/c1-4-9-14(18)11-15(12-14)10-7-8-13(17)16(5-2)6-3/h18H,4-12H2,1-3H3. The summed E-state index contributed by atoms with van der Waals surface area (Å²) in [6, 6.07) is 0. The first-order valence-electron chi connectivity index (χ1n) is 7.27. The molecule has 1 N–H and O–H groups in total. The van der Waals surface area contributed by atoms with Crippen LogP contribution in [0.4, 0.5) is 0 Å². The van der Waals surface area contributed by atoms with E-state index >= 15 is 0 Å². The van der Waals surface area contributed by atoms with E-state index in [0.29, 0.717) is 6.42 Å². The number of likely N-dealkylation sites (tertiary alicyclic amines) is 1. The van der Waals surface area contributed by atoms with Crippen LogP contribution in [0.3, 0.4) is 0 Å². The number of carbonyl (C=O) groups is 1. The second-order valence-electron chi connectivity index (χ2n) is 5.35. The first-order valence-corrected chi connectivity index (χ1v) is 7.27. The molecule has 0 aromatic carbocycles. The molecule has 0 atom stereocenters. The van der Waals surface area contributed by atoms with Gasteiger partial charge >= 0.3 is 0 Å². The fraction of sp³-hybridized carbons (Fsp3) is 0.929. The van der Waals surface area contributed by atoms with Gasteiger partial charge in [0.1, 0.15) is 0 Å². The van der Waals surface area contributed by atoms with Crippen molar-refractivity contribution < 1.29 is 9.90 Å². The van der Waals surface area contributed by atoms with E-state index in [1.54, 1.807) is 0 Å². The fourth-order valence-corrected chi connectivity index (χ4v) is 2.76. The molecule has 4 heteroatoms. The number of amides is 1. The largest absolute Gasteiger partial charge is 0.387 e. The summed E-state index contributed by atoms with van der Waals surface area (Å²) in [6.45, 7) is 10.2. The first-order chi connectivity index (χ1) is 8.54. The maximum atomic E-state index is 11.8. The number of hydrogen-bond acceptors (Lipinski definition) is 3. The molecule has 0 aromatic heterocycles. The van der Waals surface area contributed by atoms with Gasteiger partial charge in [0.25, 0.3) is 0 Å². The average molecular weight is 256 g/mol. The Balaban J connectivity index is 2.12. The highest BCUT2D eigenvalue weighted by Gasteiger charge is 2.39. The number of rotatable bonds is 8. The molecule has 1 rings (SSSR count). The van der Waals surface area contributed by atoms with E-state index in [1.165, 1.54) is 0 Å². The lowest BCUT2D eigenvalue weighted by Gasteiger charge is -2.46.